The molecule has 6 heteroatoms. The van der Waals surface area contributed by atoms with Gasteiger partial charge >= 0.3 is 5.97 Å². The molecule has 0 N–H and O–H groups in total. The van der Waals surface area contributed by atoms with E-state index in [0.717, 1.165) is 5.56 Å². The van der Waals surface area contributed by atoms with Gasteiger partial charge in [-0.05, 0) is 23.3 Å². The highest BCUT2D eigenvalue weighted by molar-refractivity contribution is 7.88. The van der Waals surface area contributed by atoms with Gasteiger partial charge in [0, 0.05) is 13.1 Å². The van der Waals surface area contributed by atoms with Crippen LogP contribution in [-0.2, 0) is 25.3 Å². The molecule has 126 valence electrons. The van der Waals surface area contributed by atoms with E-state index in [9.17, 15) is 13.2 Å². The Morgan fingerprint density at radius 1 is 1.30 bits per heavy atom. The van der Waals surface area contributed by atoms with Crippen LogP contribution in [0.25, 0.3) is 0 Å². The lowest BCUT2D eigenvalue weighted by Crippen LogP contribution is -2.57. The van der Waals surface area contributed by atoms with Gasteiger partial charge in [-0.2, -0.15) is 0 Å². The van der Waals surface area contributed by atoms with Crippen LogP contribution in [0.3, 0.4) is 0 Å². The van der Waals surface area contributed by atoms with Crippen molar-refractivity contribution in [3.63, 3.8) is 0 Å². The second kappa shape index (κ2) is 5.31. The molecule has 1 aromatic rings. The van der Waals surface area contributed by atoms with Gasteiger partial charge in [-0.15, -0.1) is 0 Å². The number of hydrogen-bond donors (Lipinski definition) is 0. The Morgan fingerprint density at radius 3 is 2.52 bits per heavy atom. The van der Waals surface area contributed by atoms with E-state index in [1.165, 1.54) is 11.4 Å². The van der Waals surface area contributed by atoms with Gasteiger partial charge in [0.25, 0.3) is 0 Å². The van der Waals surface area contributed by atoms with Crippen molar-refractivity contribution in [1.82, 2.24) is 4.31 Å². The summed E-state index contributed by atoms with van der Waals surface area (Å²) in [7, 11) is -2.07. The van der Waals surface area contributed by atoms with Crippen molar-refractivity contribution in [1.29, 1.82) is 0 Å². The molecule has 0 aromatic heterocycles. The zero-order chi connectivity index (χ0) is 16.9. The molecular weight excluding hydrogens is 314 g/mol. The molecule has 23 heavy (non-hydrogen) atoms. The van der Waals surface area contributed by atoms with Gasteiger partial charge in [0.1, 0.15) is 0 Å². The molecule has 1 saturated carbocycles. The lowest BCUT2D eigenvalue weighted by molar-refractivity contribution is -0.174. The Hall–Kier alpha value is -1.40. The summed E-state index contributed by atoms with van der Waals surface area (Å²) in [5.41, 5.74) is 0.0610. The van der Waals surface area contributed by atoms with E-state index in [1.54, 1.807) is 0 Å². The summed E-state index contributed by atoms with van der Waals surface area (Å²) in [5, 5.41) is 0. The summed E-state index contributed by atoms with van der Waals surface area (Å²) in [6, 6.07) is 9.14. The van der Waals surface area contributed by atoms with E-state index in [-0.39, 0.29) is 29.6 Å². The minimum Gasteiger partial charge on any atom is -0.469 e. The third-order valence-electron chi connectivity index (χ3n) is 5.40. The van der Waals surface area contributed by atoms with Crippen molar-refractivity contribution < 1.29 is 17.9 Å². The number of esters is 1. The minimum atomic E-state index is -3.44. The molecule has 1 saturated heterocycles. The summed E-state index contributed by atoms with van der Waals surface area (Å²) in [4.78, 5) is 12.3. The summed E-state index contributed by atoms with van der Waals surface area (Å²) in [6.07, 6.45) is 0.675. The standard InChI is InChI=1S/C17H23NO4S/c1-16(2)11-17(15(19)22-3)12-18(9-14(16)17)23(20,21)10-13-7-5-4-6-8-13/h4-8,14H,9-12H2,1-3H3/t14-,17+/m1/s1. The van der Waals surface area contributed by atoms with Gasteiger partial charge in [0.05, 0.1) is 18.3 Å². The average molecular weight is 337 g/mol. The number of fused-ring (bicyclic) bond motifs is 1. The third kappa shape index (κ3) is 2.58. The number of ether oxygens (including phenoxy) is 1. The first-order valence-corrected chi connectivity index (χ1v) is 9.42. The van der Waals surface area contributed by atoms with E-state index in [4.69, 9.17) is 4.74 Å². The summed E-state index contributed by atoms with van der Waals surface area (Å²) in [5.74, 6) is -0.287. The normalized spacial score (nSPS) is 29.6. The maximum atomic E-state index is 12.8. The summed E-state index contributed by atoms with van der Waals surface area (Å²) in [6.45, 7) is 4.82. The fourth-order valence-electron chi connectivity index (χ4n) is 4.42. The maximum Gasteiger partial charge on any atom is 0.313 e. The van der Waals surface area contributed by atoms with Crippen LogP contribution in [0.2, 0.25) is 0 Å². The van der Waals surface area contributed by atoms with Gasteiger partial charge < -0.3 is 4.74 Å². The van der Waals surface area contributed by atoms with E-state index < -0.39 is 15.4 Å². The van der Waals surface area contributed by atoms with Crippen molar-refractivity contribution in [2.45, 2.75) is 26.0 Å². The maximum absolute atomic E-state index is 12.8. The number of hydrogen-bond acceptors (Lipinski definition) is 4. The predicted octanol–water partition coefficient (Wildman–Crippen LogP) is 2.04. The molecule has 1 aliphatic carbocycles. The summed E-state index contributed by atoms with van der Waals surface area (Å²) >= 11 is 0. The summed E-state index contributed by atoms with van der Waals surface area (Å²) < 4.78 is 32.0. The van der Waals surface area contributed by atoms with Crippen LogP contribution >= 0.6 is 0 Å². The SMILES string of the molecule is COC(=O)[C@@]12CN(S(=O)(=O)Cc3ccccc3)C[C@@H]1C(C)(C)C2. The second-order valence-electron chi connectivity index (χ2n) is 7.40. The molecule has 2 aliphatic rings. The molecule has 1 aromatic carbocycles. The van der Waals surface area contributed by atoms with Crippen molar-refractivity contribution in [2.24, 2.45) is 16.7 Å². The van der Waals surface area contributed by atoms with Crippen LogP contribution in [0.5, 0.6) is 0 Å². The van der Waals surface area contributed by atoms with Gasteiger partial charge in [-0.1, -0.05) is 44.2 Å². The highest BCUT2D eigenvalue weighted by atomic mass is 32.2. The fraction of sp³-hybridized carbons (Fsp3) is 0.588. The Bertz CT molecular complexity index is 713. The first kappa shape index (κ1) is 16.5. The molecule has 5 nitrogen and oxygen atoms in total. The minimum absolute atomic E-state index is 0.0213. The molecule has 0 spiro atoms. The van der Waals surface area contributed by atoms with Crippen LogP contribution in [0.4, 0.5) is 0 Å². The van der Waals surface area contributed by atoms with Crippen LogP contribution in [0.1, 0.15) is 25.8 Å². The zero-order valence-electron chi connectivity index (χ0n) is 13.8. The molecule has 3 rings (SSSR count). The number of methoxy groups -OCH3 is 1. The number of sulfonamides is 1. The highest BCUT2D eigenvalue weighted by Crippen LogP contribution is 2.63. The highest BCUT2D eigenvalue weighted by Gasteiger charge is 2.68. The van der Waals surface area contributed by atoms with Crippen LogP contribution in [0.15, 0.2) is 30.3 Å². The monoisotopic (exact) mass is 337 g/mol. The lowest BCUT2D eigenvalue weighted by atomic mass is 9.48. The van der Waals surface area contributed by atoms with E-state index in [2.05, 4.69) is 13.8 Å². The Morgan fingerprint density at radius 2 is 1.96 bits per heavy atom. The molecule has 2 atom stereocenters. The third-order valence-corrected chi connectivity index (χ3v) is 7.17. The fourth-order valence-corrected chi connectivity index (χ4v) is 6.02. The van der Waals surface area contributed by atoms with Gasteiger partial charge in [-0.3, -0.25) is 4.79 Å². The van der Waals surface area contributed by atoms with Crippen molar-refractivity contribution >= 4 is 16.0 Å². The van der Waals surface area contributed by atoms with Crippen molar-refractivity contribution in [2.75, 3.05) is 20.2 Å². The van der Waals surface area contributed by atoms with E-state index in [0.29, 0.717) is 13.0 Å². The topological polar surface area (TPSA) is 63.7 Å². The lowest BCUT2D eigenvalue weighted by Gasteiger charge is -2.54. The van der Waals surface area contributed by atoms with Crippen molar-refractivity contribution in [3.05, 3.63) is 35.9 Å². The number of nitrogens with zero attached hydrogens (tertiary/aromatic N) is 1. The Balaban J connectivity index is 1.84. The predicted molar refractivity (Wildman–Crippen MR) is 87.0 cm³/mol. The quantitative estimate of drug-likeness (QED) is 0.789. The molecule has 0 radical (unpaired) electrons. The molecule has 1 heterocycles. The first-order valence-electron chi connectivity index (χ1n) is 7.81. The molecule has 0 amide bonds. The number of rotatable bonds is 4. The average Bonchev–Trinajstić information content (AvgIpc) is 2.84. The van der Waals surface area contributed by atoms with Gasteiger partial charge in [0.2, 0.25) is 10.0 Å². The Kier molecular flexibility index (Phi) is 3.80. The molecule has 1 aliphatic heterocycles. The van der Waals surface area contributed by atoms with Crippen LogP contribution in [0, 0.1) is 16.7 Å². The van der Waals surface area contributed by atoms with Gasteiger partial charge in [0.15, 0.2) is 0 Å². The number of benzene rings is 1. The largest absolute Gasteiger partial charge is 0.469 e. The molecular formula is C17H23NO4S. The molecule has 2 fully saturated rings. The smallest absolute Gasteiger partial charge is 0.313 e. The number of carbonyl (C=O) groups excluding carboxylic acids is 1. The van der Waals surface area contributed by atoms with E-state index in [1.807, 2.05) is 30.3 Å². The first-order chi connectivity index (χ1) is 10.7. The zero-order valence-corrected chi connectivity index (χ0v) is 14.6. The second-order valence-corrected chi connectivity index (χ2v) is 9.37. The van der Waals surface area contributed by atoms with Crippen LogP contribution in [-0.4, -0.2) is 38.9 Å². The molecule has 0 unspecified atom stereocenters. The van der Waals surface area contributed by atoms with E-state index >= 15 is 0 Å². The van der Waals surface area contributed by atoms with Crippen molar-refractivity contribution in [3.8, 4) is 0 Å². The van der Waals surface area contributed by atoms with Crippen LogP contribution < -0.4 is 0 Å². The Labute approximate surface area is 137 Å². The number of carbonyl (C=O) groups is 1. The molecule has 0 bridgehead atoms. The van der Waals surface area contributed by atoms with Gasteiger partial charge in [-0.25, -0.2) is 12.7 Å².